The molecule has 1 heterocycles. The Balaban J connectivity index is 1.72. The summed E-state index contributed by atoms with van der Waals surface area (Å²) < 4.78 is 5.25. The van der Waals surface area contributed by atoms with Gasteiger partial charge in [0.2, 0.25) is 0 Å². The number of hydrogen-bond donors (Lipinski definition) is 1. The summed E-state index contributed by atoms with van der Waals surface area (Å²) in [6.07, 6.45) is 6.00. The second-order valence-electron chi connectivity index (χ2n) is 5.50. The number of ether oxygens (including phenoxy) is 1. The summed E-state index contributed by atoms with van der Waals surface area (Å²) in [7, 11) is 1.60. The number of rotatable bonds is 5. The van der Waals surface area contributed by atoms with Gasteiger partial charge in [-0.3, -0.25) is 4.98 Å². The van der Waals surface area contributed by atoms with Gasteiger partial charge in [-0.05, 0) is 48.8 Å². The second-order valence-corrected chi connectivity index (χ2v) is 6.29. The molecule has 0 atom stereocenters. The Hall–Kier alpha value is -1.85. The zero-order valence-corrected chi connectivity index (χ0v) is 14.4. The molecule has 1 aromatic carbocycles. The quantitative estimate of drug-likeness (QED) is 0.824. The van der Waals surface area contributed by atoms with E-state index in [0.29, 0.717) is 21.9 Å². The maximum absolute atomic E-state index is 6.06. The van der Waals surface area contributed by atoms with Crippen LogP contribution >= 0.6 is 23.8 Å². The molecule has 1 N–H and O–H groups in total. The van der Waals surface area contributed by atoms with E-state index in [0.717, 1.165) is 17.8 Å². The zero-order chi connectivity index (χ0) is 16.2. The van der Waals surface area contributed by atoms with Crippen molar-refractivity contribution in [1.82, 2.24) is 9.88 Å². The maximum atomic E-state index is 6.06. The van der Waals surface area contributed by atoms with Crippen LogP contribution in [0.1, 0.15) is 18.4 Å². The van der Waals surface area contributed by atoms with Crippen LogP contribution in [0.2, 0.25) is 5.02 Å². The third-order valence-electron chi connectivity index (χ3n) is 3.73. The first-order valence-electron chi connectivity index (χ1n) is 7.47. The van der Waals surface area contributed by atoms with Gasteiger partial charge in [0.25, 0.3) is 0 Å². The fourth-order valence-electron chi connectivity index (χ4n) is 2.37. The van der Waals surface area contributed by atoms with E-state index < -0.39 is 0 Å². The van der Waals surface area contributed by atoms with Crippen LogP contribution in [0, 0.1) is 0 Å². The number of halogens is 1. The molecule has 0 spiro atoms. The smallest absolute Gasteiger partial charge is 0.173 e. The Labute approximate surface area is 146 Å². The van der Waals surface area contributed by atoms with Gasteiger partial charge in [-0.1, -0.05) is 17.7 Å². The molecule has 23 heavy (non-hydrogen) atoms. The topological polar surface area (TPSA) is 37.4 Å². The van der Waals surface area contributed by atoms with Gasteiger partial charge < -0.3 is 15.0 Å². The van der Waals surface area contributed by atoms with E-state index in [1.807, 2.05) is 24.4 Å². The van der Waals surface area contributed by atoms with Crippen LogP contribution in [0.25, 0.3) is 0 Å². The van der Waals surface area contributed by atoms with Crippen LogP contribution in [0.3, 0.4) is 0 Å². The minimum Gasteiger partial charge on any atom is -0.495 e. The third kappa shape index (κ3) is 4.12. The molecule has 1 saturated carbocycles. The molecule has 0 saturated heterocycles. The number of methoxy groups -OCH3 is 1. The first kappa shape index (κ1) is 16.0. The summed E-state index contributed by atoms with van der Waals surface area (Å²) in [5.74, 6) is 0.629. The van der Waals surface area contributed by atoms with E-state index in [2.05, 4.69) is 21.3 Å². The van der Waals surface area contributed by atoms with Gasteiger partial charge in [0, 0.05) is 36.7 Å². The highest BCUT2D eigenvalue weighted by atomic mass is 35.5. The van der Waals surface area contributed by atoms with Crippen molar-refractivity contribution < 1.29 is 4.74 Å². The maximum Gasteiger partial charge on any atom is 0.173 e. The largest absolute Gasteiger partial charge is 0.495 e. The molecule has 3 rings (SSSR count). The van der Waals surface area contributed by atoms with Crippen molar-refractivity contribution in [2.24, 2.45) is 0 Å². The van der Waals surface area contributed by atoms with E-state index in [4.69, 9.17) is 28.6 Å². The van der Waals surface area contributed by atoms with E-state index in [1.165, 1.54) is 12.8 Å². The summed E-state index contributed by atoms with van der Waals surface area (Å²) in [4.78, 5) is 6.39. The summed E-state index contributed by atoms with van der Waals surface area (Å²) in [5, 5.41) is 4.57. The molecule has 0 unspecified atom stereocenters. The Morgan fingerprint density at radius 2 is 2.26 bits per heavy atom. The van der Waals surface area contributed by atoms with E-state index >= 15 is 0 Å². The number of aromatic nitrogens is 1. The average Bonchev–Trinajstić information content (AvgIpc) is 3.40. The lowest BCUT2D eigenvalue weighted by Crippen LogP contribution is -2.36. The number of benzene rings is 1. The van der Waals surface area contributed by atoms with Crippen LogP contribution in [0.5, 0.6) is 5.75 Å². The van der Waals surface area contributed by atoms with Crippen molar-refractivity contribution in [1.29, 1.82) is 0 Å². The summed E-state index contributed by atoms with van der Waals surface area (Å²) in [6.45, 7) is 0.759. The third-order valence-corrected chi connectivity index (χ3v) is 4.38. The fourth-order valence-corrected chi connectivity index (χ4v) is 2.90. The van der Waals surface area contributed by atoms with Gasteiger partial charge in [0.1, 0.15) is 5.75 Å². The van der Waals surface area contributed by atoms with Gasteiger partial charge in [-0.25, -0.2) is 0 Å². The average molecular weight is 348 g/mol. The highest BCUT2D eigenvalue weighted by molar-refractivity contribution is 7.80. The van der Waals surface area contributed by atoms with Gasteiger partial charge >= 0.3 is 0 Å². The van der Waals surface area contributed by atoms with Gasteiger partial charge in [-0.15, -0.1) is 0 Å². The van der Waals surface area contributed by atoms with Crippen molar-refractivity contribution in [3.8, 4) is 5.75 Å². The lowest BCUT2D eigenvalue weighted by Gasteiger charge is -2.26. The monoisotopic (exact) mass is 347 g/mol. The molecule has 1 aliphatic rings. The molecule has 1 aromatic heterocycles. The number of anilines is 1. The van der Waals surface area contributed by atoms with Crippen molar-refractivity contribution in [3.05, 3.63) is 53.3 Å². The molecule has 6 heteroatoms. The van der Waals surface area contributed by atoms with Crippen LogP contribution in [0.4, 0.5) is 5.69 Å². The predicted molar refractivity (Wildman–Crippen MR) is 97.0 cm³/mol. The summed E-state index contributed by atoms with van der Waals surface area (Å²) in [6, 6.07) is 10.1. The van der Waals surface area contributed by atoms with Crippen molar-refractivity contribution in [3.63, 3.8) is 0 Å². The van der Waals surface area contributed by atoms with Crippen LogP contribution < -0.4 is 10.1 Å². The Bertz CT molecular complexity index is 691. The number of nitrogens with zero attached hydrogens (tertiary/aromatic N) is 2. The molecule has 0 amide bonds. The summed E-state index contributed by atoms with van der Waals surface area (Å²) >= 11 is 11.7. The number of thiocarbonyl (C=S) groups is 1. The van der Waals surface area contributed by atoms with E-state index in [-0.39, 0.29) is 0 Å². The number of pyridine rings is 1. The van der Waals surface area contributed by atoms with Crippen LogP contribution in [-0.4, -0.2) is 28.1 Å². The fraction of sp³-hybridized carbons (Fsp3) is 0.294. The lowest BCUT2D eigenvalue weighted by atomic mass is 10.2. The highest BCUT2D eigenvalue weighted by Crippen LogP contribution is 2.31. The van der Waals surface area contributed by atoms with E-state index in [1.54, 1.807) is 19.4 Å². The normalized spacial score (nSPS) is 13.5. The first-order valence-corrected chi connectivity index (χ1v) is 8.26. The van der Waals surface area contributed by atoms with Crippen molar-refractivity contribution in [2.45, 2.75) is 25.4 Å². The SMILES string of the molecule is COc1cc(NC(=S)N(Cc2cccnc2)C2CC2)ccc1Cl. The Kier molecular flexibility index (Phi) is 4.98. The number of nitrogens with one attached hydrogen (secondary N) is 1. The molecule has 1 aliphatic carbocycles. The second kappa shape index (κ2) is 7.15. The first-order chi connectivity index (χ1) is 11.2. The van der Waals surface area contributed by atoms with Gasteiger partial charge in [0.05, 0.1) is 12.1 Å². The van der Waals surface area contributed by atoms with Crippen molar-refractivity contribution >= 4 is 34.6 Å². The van der Waals surface area contributed by atoms with Crippen LogP contribution in [-0.2, 0) is 6.54 Å². The molecule has 1 fully saturated rings. The molecule has 4 nitrogen and oxygen atoms in total. The lowest BCUT2D eigenvalue weighted by molar-refractivity contribution is 0.408. The molecule has 2 aromatic rings. The molecule has 120 valence electrons. The zero-order valence-electron chi connectivity index (χ0n) is 12.8. The molecular formula is C17H18ClN3OS. The van der Waals surface area contributed by atoms with Gasteiger partial charge in [0.15, 0.2) is 5.11 Å². The van der Waals surface area contributed by atoms with E-state index in [9.17, 15) is 0 Å². The molecule has 0 bridgehead atoms. The molecule has 0 aliphatic heterocycles. The summed E-state index contributed by atoms with van der Waals surface area (Å²) in [5.41, 5.74) is 2.02. The standard InChI is InChI=1S/C17H18ClN3OS/c1-22-16-9-13(4-7-15(16)18)20-17(23)21(14-5-6-14)11-12-3-2-8-19-10-12/h2-4,7-10,14H,5-6,11H2,1H3,(H,20,23). The Morgan fingerprint density at radius 3 is 2.91 bits per heavy atom. The highest BCUT2D eigenvalue weighted by Gasteiger charge is 2.30. The van der Waals surface area contributed by atoms with Crippen LogP contribution in [0.15, 0.2) is 42.7 Å². The minimum atomic E-state index is 0.504. The Morgan fingerprint density at radius 1 is 1.43 bits per heavy atom. The minimum absolute atomic E-state index is 0.504. The number of hydrogen-bond acceptors (Lipinski definition) is 3. The van der Waals surface area contributed by atoms with Gasteiger partial charge in [-0.2, -0.15) is 0 Å². The van der Waals surface area contributed by atoms with Crippen molar-refractivity contribution in [2.75, 3.05) is 12.4 Å². The predicted octanol–water partition coefficient (Wildman–Crippen LogP) is 4.11. The molecular weight excluding hydrogens is 330 g/mol. The molecule has 0 radical (unpaired) electrons.